The van der Waals surface area contributed by atoms with Crippen LogP contribution >= 0.6 is 11.6 Å². The molecule has 0 radical (unpaired) electrons. The average Bonchev–Trinajstić information content (AvgIpc) is 3.19. The zero-order valence-corrected chi connectivity index (χ0v) is 16.7. The summed E-state index contributed by atoms with van der Waals surface area (Å²) in [5.41, 5.74) is -0.0404. The summed E-state index contributed by atoms with van der Waals surface area (Å²) < 4.78 is 45.3. The van der Waals surface area contributed by atoms with Crippen molar-refractivity contribution in [3.8, 4) is 0 Å². The van der Waals surface area contributed by atoms with Crippen LogP contribution < -0.4 is 5.32 Å². The number of carbonyl (C=O) groups is 2. The molecule has 7 nitrogen and oxygen atoms in total. The molecule has 1 heterocycles. The summed E-state index contributed by atoms with van der Waals surface area (Å²) in [6.45, 7) is -0.495. The third kappa shape index (κ3) is 4.92. The van der Waals surface area contributed by atoms with Crippen molar-refractivity contribution in [2.45, 2.75) is 23.8 Å². The number of anilines is 1. The van der Waals surface area contributed by atoms with Crippen LogP contribution in [-0.4, -0.2) is 43.8 Å². The van der Waals surface area contributed by atoms with E-state index in [1.807, 2.05) is 0 Å². The van der Waals surface area contributed by atoms with Crippen LogP contribution in [0.1, 0.15) is 12.8 Å². The lowest BCUT2D eigenvalue weighted by Gasteiger charge is -2.22. The van der Waals surface area contributed by atoms with Gasteiger partial charge in [-0.25, -0.2) is 12.8 Å². The van der Waals surface area contributed by atoms with Gasteiger partial charge in [0, 0.05) is 11.6 Å². The number of nitrogens with zero attached hydrogens (tertiary/aromatic N) is 1. The van der Waals surface area contributed by atoms with E-state index in [2.05, 4.69) is 5.32 Å². The second-order valence-corrected chi connectivity index (χ2v) is 8.69. The van der Waals surface area contributed by atoms with Gasteiger partial charge < -0.3 is 10.1 Å². The van der Waals surface area contributed by atoms with Gasteiger partial charge >= 0.3 is 5.97 Å². The number of sulfonamides is 1. The van der Waals surface area contributed by atoms with Crippen molar-refractivity contribution in [3.63, 3.8) is 0 Å². The third-order valence-electron chi connectivity index (χ3n) is 4.39. The first-order chi connectivity index (χ1) is 13.8. The molecule has 1 fully saturated rings. The first-order valence-electron chi connectivity index (χ1n) is 8.77. The molecule has 1 N–H and O–H groups in total. The van der Waals surface area contributed by atoms with E-state index in [1.165, 1.54) is 42.5 Å². The highest BCUT2D eigenvalue weighted by Gasteiger charge is 2.40. The fourth-order valence-electron chi connectivity index (χ4n) is 2.99. The monoisotopic (exact) mass is 440 g/mol. The predicted octanol–water partition coefficient (Wildman–Crippen LogP) is 2.81. The van der Waals surface area contributed by atoms with Gasteiger partial charge in [-0.05, 0) is 49.2 Å². The summed E-state index contributed by atoms with van der Waals surface area (Å²) in [5.74, 6) is -2.18. The largest absolute Gasteiger partial charge is 0.454 e. The molecule has 0 unspecified atom stereocenters. The van der Waals surface area contributed by atoms with Crippen LogP contribution in [0.15, 0.2) is 53.4 Å². The molecule has 2 aromatic rings. The van der Waals surface area contributed by atoms with Crippen molar-refractivity contribution >= 4 is 39.2 Å². The first kappa shape index (κ1) is 21.2. The summed E-state index contributed by atoms with van der Waals surface area (Å²) in [7, 11) is -3.92. The molecule has 0 spiro atoms. The van der Waals surface area contributed by atoms with Crippen molar-refractivity contribution < 1.29 is 27.1 Å². The average molecular weight is 441 g/mol. The molecule has 154 valence electrons. The second kappa shape index (κ2) is 8.89. The van der Waals surface area contributed by atoms with Gasteiger partial charge in [-0.3, -0.25) is 9.59 Å². The quantitative estimate of drug-likeness (QED) is 0.697. The predicted molar refractivity (Wildman–Crippen MR) is 104 cm³/mol. The number of rotatable bonds is 6. The molecule has 0 aliphatic carbocycles. The van der Waals surface area contributed by atoms with Crippen LogP contribution in [-0.2, 0) is 24.3 Å². The Hall–Kier alpha value is -2.49. The van der Waals surface area contributed by atoms with Crippen molar-refractivity contribution in [2.24, 2.45) is 0 Å². The number of halogens is 2. The summed E-state index contributed by atoms with van der Waals surface area (Å²) in [4.78, 5) is 24.3. The van der Waals surface area contributed by atoms with Crippen molar-refractivity contribution in [2.75, 3.05) is 18.5 Å². The minimum atomic E-state index is -3.92. The number of nitrogens with one attached hydrogen (secondary N) is 1. The molecule has 3 rings (SSSR count). The Balaban J connectivity index is 1.63. The molecule has 1 aliphatic rings. The van der Waals surface area contributed by atoms with Gasteiger partial charge in [0.05, 0.1) is 10.6 Å². The van der Waals surface area contributed by atoms with Crippen molar-refractivity contribution in [1.29, 1.82) is 0 Å². The molecule has 1 saturated heterocycles. The number of para-hydroxylation sites is 1. The van der Waals surface area contributed by atoms with E-state index in [4.69, 9.17) is 16.3 Å². The van der Waals surface area contributed by atoms with E-state index in [0.29, 0.717) is 11.4 Å². The zero-order chi connectivity index (χ0) is 21.0. The van der Waals surface area contributed by atoms with Crippen LogP contribution in [0, 0.1) is 5.82 Å². The van der Waals surface area contributed by atoms with Gasteiger partial charge in [-0.2, -0.15) is 4.31 Å². The van der Waals surface area contributed by atoms with Crippen LogP contribution in [0.3, 0.4) is 0 Å². The number of amides is 1. The minimum Gasteiger partial charge on any atom is -0.454 e. The van der Waals surface area contributed by atoms with Crippen molar-refractivity contribution in [3.05, 3.63) is 59.4 Å². The van der Waals surface area contributed by atoms with Crippen molar-refractivity contribution in [1.82, 2.24) is 4.31 Å². The highest BCUT2D eigenvalue weighted by atomic mass is 35.5. The summed E-state index contributed by atoms with van der Waals surface area (Å²) in [6, 6.07) is 10.2. The standard InChI is InChI=1S/C19H18ClFN2O5S/c20-13-7-9-14(10-8-13)29(26,27)23-11-3-6-17(23)19(25)28-12-18(24)22-16-5-2-1-4-15(16)21/h1-2,4-5,7-10,17H,3,6,11-12H2,(H,22,24)/t17-/m1/s1. The number of hydrogen-bond donors (Lipinski definition) is 1. The van der Waals surface area contributed by atoms with Crippen LogP contribution in [0.5, 0.6) is 0 Å². The second-order valence-electron chi connectivity index (χ2n) is 6.36. The zero-order valence-electron chi connectivity index (χ0n) is 15.2. The number of carbonyl (C=O) groups excluding carboxylic acids is 2. The number of esters is 1. The van der Waals surface area contributed by atoms with E-state index in [9.17, 15) is 22.4 Å². The lowest BCUT2D eigenvalue weighted by atomic mass is 10.2. The fraction of sp³-hybridized carbons (Fsp3) is 0.263. The lowest BCUT2D eigenvalue weighted by molar-refractivity contribution is -0.150. The van der Waals surface area contributed by atoms with Gasteiger partial charge in [0.15, 0.2) is 6.61 Å². The molecule has 0 bridgehead atoms. The Labute approximate surface area is 172 Å². The Morgan fingerprint density at radius 3 is 2.55 bits per heavy atom. The SMILES string of the molecule is O=C(COC(=O)[C@H]1CCCN1S(=O)(=O)c1ccc(Cl)cc1)Nc1ccccc1F. The van der Waals surface area contributed by atoms with Gasteiger partial charge in [0.2, 0.25) is 10.0 Å². The van der Waals surface area contributed by atoms with E-state index in [1.54, 1.807) is 6.07 Å². The van der Waals surface area contributed by atoms with E-state index in [0.717, 1.165) is 4.31 Å². The molecule has 29 heavy (non-hydrogen) atoms. The van der Waals surface area contributed by atoms with E-state index in [-0.39, 0.29) is 23.5 Å². The number of ether oxygens (including phenoxy) is 1. The first-order valence-corrected chi connectivity index (χ1v) is 10.6. The molecule has 10 heteroatoms. The summed E-state index contributed by atoms with van der Waals surface area (Å²) in [5, 5.41) is 2.68. The highest BCUT2D eigenvalue weighted by molar-refractivity contribution is 7.89. The Bertz CT molecular complexity index is 1010. The van der Waals surface area contributed by atoms with E-state index >= 15 is 0 Å². The molecule has 1 atom stereocenters. The molecule has 1 aliphatic heterocycles. The molecular weight excluding hydrogens is 423 g/mol. The maximum absolute atomic E-state index is 13.6. The van der Waals surface area contributed by atoms with Gasteiger partial charge in [0.1, 0.15) is 11.9 Å². The van der Waals surface area contributed by atoms with Crippen LogP contribution in [0.2, 0.25) is 5.02 Å². The lowest BCUT2D eigenvalue weighted by Crippen LogP contribution is -2.42. The fourth-order valence-corrected chi connectivity index (χ4v) is 4.76. The molecule has 0 saturated carbocycles. The normalized spacial score (nSPS) is 17.1. The third-order valence-corrected chi connectivity index (χ3v) is 6.56. The van der Waals surface area contributed by atoms with Crippen LogP contribution in [0.25, 0.3) is 0 Å². The molecule has 1 amide bonds. The Morgan fingerprint density at radius 1 is 1.17 bits per heavy atom. The van der Waals surface area contributed by atoms with Gasteiger partial charge in [-0.1, -0.05) is 23.7 Å². The van der Waals surface area contributed by atoms with E-state index < -0.39 is 40.4 Å². The topological polar surface area (TPSA) is 92.8 Å². The molecule has 2 aromatic carbocycles. The van der Waals surface area contributed by atoms with Gasteiger partial charge in [0.25, 0.3) is 5.91 Å². The smallest absolute Gasteiger partial charge is 0.324 e. The highest BCUT2D eigenvalue weighted by Crippen LogP contribution is 2.27. The van der Waals surface area contributed by atoms with Gasteiger partial charge in [-0.15, -0.1) is 0 Å². The summed E-state index contributed by atoms with van der Waals surface area (Å²) in [6.07, 6.45) is 0.759. The minimum absolute atomic E-state index is 0.0129. The maximum atomic E-state index is 13.6. The molecule has 0 aromatic heterocycles. The maximum Gasteiger partial charge on any atom is 0.324 e. The summed E-state index contributed by atoms with van der Waals surface area (Å²) >= 11 is 5.80. The Morgan fingerprint density at radius 2 is 1.86 bits per heavy atom. The number of benzene rings is 2. The Kier molecular flexibility index (Phi) is 6.51. The molecular formula is C19H18ClFN2O5S. The van der Waals surface area contributed by atoms with Crippen LogP contribution in [0.4, 0.5) is 10.1 Å². The number of hydrogen-bond acceptors (Lipinski definition) is 5.